The Bertz CT molecular complexity index is 221. The summed E-state index contributed by atoms with van der Waals surface area (Å²) in [5.41, 5.74) is 0.339. The van der Waals surface area contributed by atoms with Gasteiger partial charge in [-0.05, 0) is 18.3 Å². The number of rotatable bonds is 2. The molecule has 0 aromatic carbocycles. The summed E-state index contributed by atoms with van der Waals surface area (Å²) in [7, 11) is -2.67. The van der Waals surface area contributed by atoms with Crippen molar-refractivity contribution in [3.05, 3.63) is 0 Å². The zero-order valence-corrected chi connectivity index (χ0v) is 8.78. The van der Waals surface area contributed by atoms with Crippen LogP contribution in [0.4, 0.5) is 0 Å². The van der Waals surface area contributed by atoms with E-state index in [0.29, 0.717) is 16.9 Å². The molecule has 0 aliphatic carbocycles. The lowest BCUT2D eigenvalue weighted by Gasteiger charge is -2.35. The van der Waals surface area contributed by atoms with Gasteiger partial charge in [0, 0.05) is 0 Å². The summed E-state index contributed by atoms with van der Waals surface area (Å²) >= 11 is 0. The number of hydrogen-bond acceptors (Lipinski definition) is 2. The molecule has 1 aliphatic heterocycles. The van der Waals surface area contributed by atoms with Crippen molar-refractivity contribution in [1.29, 1.82) is 0 Å². The van der Waals surface area contributed by atoms with Crippen LogP contribution in [0.15, 0.2) is 0 Å². The molecule has 1 aliphatic rings. The van der Waals surface area contributed by atoms with Gasteiger partial charge < -0.3 is 0 Å². The summed E-state index contributed by atoms with van der Waals surface area (Å²) in [5.74, 6) is 0.823. The van der Waals surface area contributed by atoms with Crippen molar-refractivity contribution in [3.63, 3.8) is 0 Å². The van der Waals surface area contributed by atoms with Crippen molar-refractivity contribution >= 4 is 9.84 Å². The molecule has 0 spiro atoms. The second-order valence-electron chi connectivity index (χ2n) is 3.86. The Morgan fingerprint density at radius 3 is 1.83 bits per heavy atom. The van der Waals surface area contributed by atoms with E-state index < -0.39 is 9.84 Å². The average Bonchev–Trinajstić information content (AvgIpc) is 2.06. The topological polar surface area (TPSA) is 34.1 Å². The van der Waals surface area contributed by atoms with E-state index >= 15 is 0 Å². The molecule has 0 atom stereocenters. The molecule has 0 saturated carbocycles. The zero-order chi connectivity index (χ0) is 9.24. The fourth-order valence-corrected chi connectivity index (χ4v) is 3.62. The van der Waals surface area contributed by atoms with Crippen LogP contribution in [0, 0.1) is 5.41 Å². The molecule has 0 aromatic heterocycles. The van der Waals surface area contributed by atoms with Gasteiger partial charge in [-0.3, -0.25) is 0 Å². The quantitative estimate of drug-likeness (QED) is 0.667. The molecule has 2 nitrogen and oxygen atoms in total. The highest BCUT2D eigenvalue weighted by Crippen LogP contribution is 2.38. The van der Waals surface area contributed by atoms with Gasteiger partial charge >= 0.3 is 0 Å². The summed E-state index contributed by atoms with van der Waals surface area (Å²) in [6.07, 6.45) is 4.00. The van der Waals surface area contributed by atoms with Gasteiger partial charge in [0.2, 0.25) is 0 Å². The molecule has 0 bridgehead atoms. The smallest absolute Gasteiger partial charge is 0.150 e. The highest BCUT2D eigenvalue weighted by atomic mass is 32.2. The van der Waals surface area contributed by atoms with E-state index in [1.165, 1.54) is 0 Å². The van der Waals surface area contributed by atoms with Gasteiger partial charge in [0.25, 0.3) is 0 Å². The van der Waals surface area contributed by atoms with Gasteiger partial charge in [-0.15, -0.1) is 0 Å². The Balaban J connectivity index is 2.66. The van der Waals surface area contributed by atoms with Gasteiger partial charge in [0.1, 0.15) is 9.84 Å². The van der Waals surface area contributed by atoms with Gasteiger partial charge in [-0.25, -0.2) is 8.42 Å². The lowest BCUT2D eigenvalue weighted by molar-refractivity contribution is 0.233. The second kappa shape index (κ2) is 3.36. The standard InChI is InChI=1S/C9H18O2S/c1-3-9(4-2)5-7-12(10,11)8-6-9/h3-8H2,1-2H3. The third kappa shape index (κ3) is 2.00. The largest absolute Gasteiger partial charge is 0.229 e. The number of sulfone groups is 1. The monoisotopic (exact) mass is 190 g/mol. The maximum absolute atomic E-state index is 11.2. The molecule has 1 fully saturated rings. The van der Waals surface area contributed by atoms with Crippen LogP contribution in [0.3, 0.4) is 0 Å². The molecule has 3 heteroatoms. The van der Waals surface area contributed by atoms with Crippen molar-refractivity contribution < 1.29 is 8.42 Å². The van der Waals surface area contributed by atoms with Gasteiger partial charge in [-0.1, -0.05) is 26.7 Å². The molecule has 1 rings (SSSR count). The first-order chi connectivity index (χ1) is 5.54. The SMILES string of the molecule is CCC1(CC)CCS(=O)(=O)CC1. The van der Waals surface area contributed by atoms with Crippen LogP contribution in [-0.2, 0) is 9.84 Å². The molecule has 0 unspecified atom stereocenters. The van der Waals surface area contributed by atoms with Gasteiger partial charge in [-0.2, -0.15) is 0 Å². The molecule has 72 valence electrons. The van der Waals surface area contributed by atoms with Crippen molar-refractivity contribution in [2.24, 2.45) is 5.41 Å². The molecule has 0 N–H and O–H groups in total. The van der Waals surface area contributed by atoms with E-state index in [2.05, 4.69) is 13.8 Å². The minimum atomic E-state index is -2.67. The van der Waals surface area contributed by atoms with Crippen LogP contribution in [0.5, 0.6) is 0 Å². The fraction of sp³-hybridized carbons (Fsp3) is 1.00. The van der Waals surface area contributed by atoms with Crippen molar-refractivity contribution in [2.75, 3.05) is 11.5 Å². The third-order valence-corrected chi connectivity index (χ3v) is 5.04. The fourth-order valence-electron chi connectivity index (χ4n) is 1.93. The summed E-state index contributed by atoms with van der Waals surface area (Å²) in [6, 6.07) is 0. The Morgan fingerprint density at radius 1 is 1.08 bits per heavy atom. The van der Waals surface area contributed by atoms with E-state index in [0.717, 1.165) is 25.7 Å². The van der Waals surface area contributed by atoms with Crippen LogP contribution in [0.1, 0.15) is 39.5 Å². The highest BCUT2D eigenvalue weighted by molar-refractivity contribution is 7.91. The van der Waals surface area contributed by atoms with E-state index in [-0.39, 0.29) is 0 Å². The lowest BCUT2D eigenvalue weighted by atomic mass is 9.77. The van der Waals surface area contributed by atoms with E-state index in [1.807, 2.05) is 0 Å². The Labute approximate surface area is 75.3 Å². The maximum Gasteiger partial charge on any atom is 0.150 e. The predicted molar refractivity (Wildman–Crippen MR) is 50.9 cm³/mol. The molecular formula is C9H18O2S. The van der Waals surface area contributed by atoms with Gasteiger partial charge in [0.15, 0.2) is 0 Å². The number of hydrogen-bond donors (Lipinski definition) is 0. The first kappa shape index (κ1) is 10.0. The normalized spacial score (nSPS) is 26.8. The first-order valence-corrected chi connectivity index (χ1v) is 6.56. The van der Waals surface area contributed by atoms with Crippen molar-refractivity contribution in [3.8, 4) is 0 Å². The maximum atomic E-state index is 11.2. The zero-order valence-electron chi connectivity index (χ0n) is 7.97. The second-order valence-corrected chi connectivity index (χ2v) is 6.16. The Hall–Kier alpha value is -0.0500. The summed E-state index contributed by atoms with van der Waals surface area (Å²) in [4.78, 5) is 0. The van der Waals surface area contributed by atoms with Crippen LogP contribution in [-0.4, -0.2) is 19.9 Å². The third-order valence-electron chi connectivity index (χ3n) is 3.39. The average molecular weight is 190 g/mol. The summed E-state index contributed by atoms with van der Waals surface area (Å²) in [6.45, 7) is 4.34. The van der Waals surface area contributed by atoms with Crippen LogP contribution in [0.2, 0.25) is 0 Å². The lowest BCUT2D eigenvalue weighted by Crippen LogP contribution is -2.32. The van der Waals surface area contributed by atoms with E-state index in [9.17, 15) is 8.42 Å². The van der Waals surface area contributed by atoms with Crippen molar-refractivity contribution in [2.45, 2.75) is 39.5 Å². The van der Waals surface area contributed by atoms with Gasteiger partial charge in [0.05, 0.1) is 11.5 Å². The molecule has 1 heterocycles. The van der Waals surface area contributed by atoms with Crippen LogP contribution >= 0.6 is 0 Å². The Morgan fingerprint density at radius 2 is 1.50 bits per heavy atom. The molecule has 0 radical (unpaired) electrons. The minimum absolute atomic E-state index is 0.339. The van der Waals surface area contributed by atoms with E-state index in [1.54, 1.807) is 0 Å². The molecule has 12 heavy (non-hydrogen) atoms. The summed E-state index contributed by atoms with van der Waals surface area (Å²) in [5, 5.41) is 0. The molecular weight excluding hydrogens is 172 g/mol. The predicted octanol–water partition coefficient (Wildman–Crippen LogP) is 2.00. The minimum Gasteiger partial charge on any atom is -0.229 e. The van der Waals surface area contributed by atoms with Crippen LogP contribution in [0.25, 0.3) is 0 Å². The molecule has 1 saturated heterocycles. The Kier molecular flexibility index (Phi) is 2.81. The summed E-state index contributed by atoms with van der Waals surface area (Å²) < 4.78 is 22.3. The highest BCUT2D eigenvalue weighted by Gasteiger charge is 2.33. The first-order valence-electron chi connectivity index (χ1n) is 4.74. The van der Waals surface area contributed by atoms with Crippen molar-refractivity contribution in [1.82, 2.24) is 0 Å². The van der Waals surface area contributed by atoms with E-state index in [4.69, 9.17) is 0 Å². The molecule has 0 aromatic rings. The molecule has 0 amide bonds. The van der Waals surface area contributed by atoms with Crippen LogP contribution < -0.4 is 0 Å².